The maximum absolute atomic E-state index is 12.1. The fraction of sp³-hybridized carbons (Fsp3) is 0.714. The lowest BCUT2D eigenvalue weighted by atomic mass is 9.95. The first-order valence-corrected chi connectivity index (χ1v) is 7.84. The summed E-state index contributed by atoms with van der Waals surface area (Å²) in [6.07, 6.45) is 4.10. The minimum Gasteiger partial charge on any atom is -0.355 e. The molecule has 7 heteroatoms. The zero-order valence-electron chi connectivity index (χ0n) is 12.6. The van der Waals surface area contributed by atoms with E-state index < -0.39 is 0 Å². The van der Waals surface area contributed by atoms with Crippen LogP contribution in [0, 0.1) is 25.7 Å². The van der Waals surface area contributed by atoms with Gasteiger partial charge in [-0.25, -0.2) is 4.98 Å². The summed E-state index contributed by atoms with van der Waals surface area (Å²) >= 11 is 1.72. The van der Waals surface area contributed by atoms with Gasteiger partial charge in [0.15, 0.2) is 0 Å². The Balaban J connectivity index is 0.00000200. The van der Waals surface area contributed by atoms with Gasteiger partial charge in [0, 0.05) is 23.8 Å². The van der Waals surface area contributed by atoms with E-state index in [9.17, 15) is 4.79 Å². The SMILES string of the molecule is Cc1nc(C)c(CCNC(=O)[C@@H]2CCC[C@@H]2CN)s1.Cl.Cl. The molecule has 3 N–H and O–H groups in total. The molecule has 1 aliphatic carbocycles. The Morgan fingerprint density at radius 2 is 2.10 bits per heavy atom. The van der Waals surface area contributed by atoms with Crippen molar-refractivity contribution >= 4 is 42.1 Å². The van der Waals surface area contributed by atoms with Gasteiger partial charge in [0.25, 0.3) is 0 Å². The first-order chi connectivity index (χ1) is 9.11. The molecule has 1 aromatic rings. The third-order valence-electron chi connectivity index (χ3n) is 3.95. The molecule has 0 radical (unpaired) electrons. The van der Waals surface area contributed by atoms with E-state index in [4.69, 9.17) is 5.73 Å². The molecule has 1 saturated carbocycles. The van der Waals surface area contributed by atoms with Crippen molar-refractivity contribution in [2.75, 3.05) is 13.1 Å². The van der Waals surface area contributed by atoms with Crippen LogP contribution in [-0.2, 0) is 11.2 Å². The number of carbonyl (C=O) groups excluding carboxylic acids is 1. The smallest absolute Gasteiger partial charge is 0.223 e. The van der Waals surface area contributed by atoms with Crippen LogP contribution in [0.4, 0.5) is 0 Å². The molecule has 2 rings (SSSR count). The molecule has 1 fully saturated rings. The molecule has 0 aromatic carbocycles. The maximum atomic E-state index is 12.1. The van der Waals surface area contributed by atoms with E-state index >= 15 is 0 Å². The fourth-order valence-corrected chi connectivity index (χ4v) is 3.84. The number of carbonyl (C=O) groups is 1. The van der Waals surface area contributed by atoms with Crippen LogP contribution in [0.25, 0.3) is 0 Å². The van der Waals surface area contributed by atoms with E-state index in [-0.39, 0.29) is 36.6 Å². The minimum absolute atomic E-state index is 0. The number of aromatic nitrogens is 1. The van der Waals surface area contributed by atoms with Crippen molar-refractivity contribution in [3.63, 3.8) is 0 Å². The topological polar surface area (TPSA) is 68.0 Å². The number of amides is 1. The van der Waals surface area contributed by atoms with E-state index in [0.717, 1.165) is 36.4 Å². The lowest BCUT2D eigenvalue weighted by Crippen LogP contribution is -2.36. The van der Waals surface area contributed by atoms with Gasteiger partial charge in [-0.2, -0.15) is 0 Å². The molecule has 1 amide bonds. The second-order valence-electron chi connectivity index (χ2n) is 5.32. The van der Waals surface area contributed by atoms with Crippen LogP contribution in [-0.4, -0.2) is 24.0 Å². The van der Waals surface area contributed by atoms with E-state index in [1.54, 1.807) is 11.3 Å². The summed E-state index contributed by atoms with van der Waals surface area (Å²) < 4.78 is 0. The highest BCUT2D eigenvalue weighted by molar-refractivity contribution is 7.11. The molecule has 0 bridgehead atoms. The van der Waals surface area contributed by atoms with Crippen molar-refractivity contribution in [1.82, 2.24) is 10.3 Å². The van der Waals surface area contributed by atoms with Gasteiger partial charge < -0.3 is 11.1 Å². The molecule has 1 aromatic heterocycles. The quantitative estimate of drug-likeness (QED) is 0.854. The van der Waals surface area contributed by atoms with E-state index in [1.165, 1.54) is 4.88 Å². The van der Waals surface area contributed by atoms with Gasteiger partial charge in [-0.15, -0.1) is 36.2 Å². The molecule has 21 heavy (non-hydrogen) atoms. The molecule has 0 unspecified atom stereocenters. The third-order valence-corrected chi connectivity index (χ3v) is 5.08. The number of rotatable bonds is 5. The summed E-state index contributed by atoms with van der Waals surface area (Å²) in [5, 5.41) is 4.15. The average molecular weight is 354 g/mol. The highest BCUT2D eigenvalue weighted by atomic mass is 35.5. The standard InChI is InChI=1S/C14H23N3OS.2ClH/c1-9-13(19-10(2)17-9)6-7-16-14(18)12-5-3-4-11(12)8-15;;/h11-12H,3-8,15H2,1-2H3,(H,16,18);2*1H/t11-,12-;;/m1../s1. The normalized spacial score (nSPS) is 20.5. The highest BCUT2D eigenvalue weighted by Crippen LogP contribution is 2.30. The molecule has 4 nitrogen and oxygen atoms in total. The lowest BCUT2D eigenvalue weighted by molar-refractivity contribution is -0.125. The number of aryl methyl sites for hydroxylation is 2. The molecule has 0 saturated heterocycles. The summed E-state index contributed by atoms with van der Waals surface area (Å²) in [5.74, 6) is 0.702. The summed E-state index contributed by atoms with van der Waals surface area (Å²) in [5.41, 5.74) is 6.81. The van der Waals surface area contributed by atoms with Gasteiger partial charge in [-0.1, -0.05) is 6.42 Å². The lowest BCUT2D eigenvalue weighted by Gasteiger charge is -2.17. The Labute approximate surface area is 143 Å². The summed E-state index contributed by atoms with van der Waals surface area (Å²) in [6.45, 7) is 5.38. The van der Waals surface area contributed by atoms with Crippen molar-refractivity contribution in [2.45, 2.75) is 39.5 Å². The van der Waals surface area contributed by atoms with Gasteiger partial charge in [0.2, 0.25) is 5.91 Å². The summed E-state index contributed by atoms with van der Waals surface area (Å²) in [7, 11) is 0. The maximum Gasteiger partial charge on any atom is 0.223 e. The first kappa shape index (κ1) is 20.6. The predicted octanol–water partition coefficient (Wildman–Crippen LogP) is 2.64. The van der Waals surface area contributed by atoms with Crippen molar-refractivity contribution in [3.05, 3.63) is 15.6 Å². The monoisotopic (exact) mass is 353 g/mol. The largest absolute Gasteiger partial charge is 0.355 e. The molecule has 1 aliphatic rings. The molecular formula is C14H25Cl2N3OS. The van der Waals surface area contributed by atoms with Gasteiger partial charge in [0.1, 0.15) is 0 Å². The number of hydrogen-bond donors (Lipinski definition) is 2. The van der Waals surface area contributed by atoms with Crippen molar-refractivity contribution in [2.24, 2.45) is 17.6 Å². The molecule has 2 atom stereocenters. The van der Waals surface area contributed by atoms with Crippen molar-refractivity contribution in [1.29, 1.82) is 0 Å². The number of hydrogen-bond acceptors (Lipinski definition) is 4. The van der Waals surface area contributed by atoms with Gasteiger partial charge in [-0.05, 0) is 39.2 Å². The number of nitrogens with one attached hydrogen (secondary N) is 1. The summed E-state index contributed by atoms with van der Waals surface area (Å²) in [6, 6.07) is 0. The van der Waals surface area contributed by atoms with Gasteiger partial charge in [0.05, 0.1) is 10.7 Å². The van der Waals surface area contributed by atoms with Crippen LogP contribution < -0.4 is 11.1 Å². The average Bonchev–Trinajstić information content (AvgIpc) is 2.96. The number of thiazole rings is 1. The third kappa shape index (κ3) is 5.40. The van der Waals surface area contributed by atoms with Crippen LogP contribution in [0.5, 0.6) is 0 Å². The Kier molecular flexibility index (Phi) is 9.45. The Hall–Kier alpha value is -0.360. The Morgan fingerprint density at radius 3 is 2.67 bits per heavy atom. The Bertz CT molecular complexity index is 453. The molecule has 0 aliphatic heterocycles. The molecule has 0 spiro atoms. The van der Waals surface area contributed by atoms with E-state index in [2.05, 4.69) is 10.3 Å². The predicted molar refractivity (Wildman–Crippen MR) is 92.7 cm³/mol. The first-order valence-electron chi connectivity index (χ1n) is 7.02. The second-order valence-corrected chi connectivity index (χ2v) is 6.60. The van der Waals surface area contributed by atoms with Crippen molar-refractivity contribution < 1.29 is 4.79 Å². The van der Waals surface area contributed by atoms with Gasteiger partial charge >= 0.3 is 0 Å². The van der Waals surface area contributed by atoms with Crippen LogP contribution in [0.15, 0.2) is 0 Å². The van der Waals surface area contributed by atoms with Crippen LogP contribution in [0.3, 0.4) is 0 Å². The van der Waals surface area contributed by atoms with E-state index in [0.29, 0.717) is 19.0 Å². The van der Waals surface area contributed by atoms with Crippen LogP contribution >= 0.6 is 36.2 Å². The minimum atomic E-state index is 0. The van der Waals surface area contributed by atoms with Crippen LogP contribution in [0.2, 0.25) is 0 Å². The van der Waals surface area contributed by atoms with E-state index in [1.807, 2.05) is 13.8 Å². The molecular weight excluding hydrogens is 329 g/mol. The second kappa shape index (κ2) is 9.62. The molecule has 1 heterocycles. The van der Waals surface area contributed by atoms with Crippen LogP contribution in [0.1, 0.15) is 34.8 Å². The zero-order valence-corrected chi connectivity index (χ0v) is 15.0. The van der Waals surface area contributed by atoms with Gasteiger partial charge in [-0.3, -0.25) is 4.79 Å². The Morgan fingerprint density at radius 1 is 1.38 bits per heavy atom. The zero-order chi connectivity index (χ0) is 13.8. The summed E-state index contributed by atoms with van der Waals surface area (Å²) in [4.78, 5) is 17.8. The number of nitrogens with two attached hydrogens (primary N) is 1. The number of nitrogens with zero attached hydrogens (tertiary/aromatic N) is 1. The highest BCUT2D eigenvalue weighted by Gasteiger charge is 2.31. The van der Waals surface area contributed by atoms with Crippen molar-refractivity contribution in [3.8, 4) is 0 Å². The fourth-order valence-electron chi connectivity index (χ4n) is 2.90. The number of halogens is 2. The molecule has 122 valence electrons.